The molecule has 1 fully saturated rings. The lowest BCUT2D eigenvalue weighted by Gasteiger charge is -2.44. The van der Waals surface area contributed by atoms with E-state index in [9.17, 15) is 24.0 Å². The summed E-state index contributed by atoms with van der Waals surface area (Å²) < 4.78 is 46.2. The van der Waals surface area contributed by atoms with Gasteiger partial charge in [0.25, 0.3) is 8.32 Å². The Morgan fingerprint density at radius 1 is 0.902 bits per heavy atom. The quantitative estimate of drug-likeness (QED) is 0.0430. The molecule has 1 saturated heterocycles. The van der Waals surface area contributed by atoms with Gasteiger partial charge in [-0.25, -0.2) is 0 Å². The van der Waals surface area contributed by atoms with Crippen LogP contribution >= 0.6 is 0 Å². The maximum Gasteiger partial charge on any atom is 0.303 e. The third-order valence-corrected chi connectivity index (χ3v) is 12.3. The number of amides is 1. The van der Waals surface area contributed by atoms with Crippen molar-refractivity contribution >= 4 is 38.1 Å². The number of carbonyl (C=O) groups excluding carboxylic acids is 5. The van der Waals surface area contributed by atoms with Crippen LogP contribution in [0.5, 0.6) is 11.5 Å². The Morgan fingerprint density at radius 3 is 2.12 bits per heavy atom. The van der Waals surface area contributed by atoms with E-state index in [1.807, 2.05) is 13.1 Å². The zero-order chi connectivity index (χ0) is 38.4. The predicted molar refractivity (Wildman–Crippen MR) is 183 cm³/mol. The highest BCUT2D eigenvalue weighted by atomic mass is 28.4. The van der Waals surface area contributed by atoms with E-state index in [0.717, 1.165) is 26.3 Å². The molecule has 17 nitrogen and oxygen atoms in total. The molecule has 0 saturated carbocycles. The third-order valence-electron chi connectivity index (χ3n) is 7.98. The molecule has 18 heteroatoms. The van der Waals surface area contributed by atoms with Crippen LogP contribution in [0.1, 0.15) is 60.5 Å². The number of hydrogen-bond donors (Lipinski definition) is 1. The molecule has 1 aromatic rings. The highest BCUT2D eigenvalue weighted by Gasteiger charge is 2.53. The first-order valence-electron chi connectivity index (χ1n) is 16.5. The van der Waals surface area contributed by atoms with E-state index >= 15 is 0 Å². The molecular formula is C33H50N4O13Si. The van der Waals surface area contributed by atoms with E-state index in [1.165, 1.54) is 6.92 Å². The largest absolute Gasteiger partial charge is 0.541 e. The van der Waals surface area contributed by atoms with E-state index in [2.05, 4.69) is 36.1 Å². The molecule has 0 unspecified atom stereocenters. The van der Waals surface area contributed by atoms with Crippen molar-refractivity contribution < 1.29 is 61.6 Å². The molecule has 1 heterocycles. The van der Waals surface area contributed by atoms with Gasteiger partial charge in [-0.05, 0) is 47.8 Å². The number of azide groups is 1. The fourth-order valence-electron chi connectivity index (χ4n) is 4.58. The van der Waals surface area contributed by atoms with Crippen molar-refractivity contribution in [3.63, 3.8) is 0 Å². The summed E-state index contributed by atoms with van der Waals surface area (Å²) in [5.41, 5.74) is 9.07. The molecule has 2 rings (SSSR count). The fourth-order valence-corrected chi connectivity index (χ4v) is 5.60. The zero-order valence-electron chi connectivity index (χ0n) is 30.7. The van der Waals surface area contributed by atoms with Crippen molar-refractivity contribution in [2.24, 2.45) is 5.11 Å². The number of aryl methyl sites for hydroxylation is 1. The van der Waals surface area contributed by atoms with Gasteiger partial charge in [0, 0.05) is 52.1 Å². The second-order valence-electron chi connectivity index (χ2n) is 13.2. The monoisotopic (exact) mass is 738 g/mol. The Labute approximate surface area is 298 Å². The molecule has 284 valence electrons. The van der Waals surface area contributed by atoms with Crippen LogP contribution in [0.15, 0.2) is 23.3 Å². The molecule has 1 aromatic carbocycles. The minimum Gasteiger partial charge on any atom is -0.541 e. The first kappa shape index (κ1) is 42.8. The van der Waals surface area contributed by atoms with Crippen molar-refractivity contribution in [2.75, 3.05) is 32.9 Å². The van der Waals surface area contributed by atoms with Crippen LogP contribution in [0.25, 0.3) is 10.4 Å². The van der Waals surface area contributed by atoms with Crippen molar-refractivity contribution in [3.8, 4) is 11.5 Å². The first-order chi connectivity index (χ1) is 23.8. The summed E-state index contributed by atoms with van der Waals surface area (Å²) in [6.45, 7) is 15.5. The minimum atomic E-state index is -2.50. The number of nitrogens with one attached hydrogen (secondary N) is 1. The van der Waals surface area contributed by atoms with Gasteiger partial charge in [0.15, 0.2) is 18.0 Å². The van der Waals surface area contributed by atoms with E-state index in [1.54, 1.807) is 18.2 Å². The molecule has 1 aliphatic rings. The Kier molecular flexibility index (Phi) is 16.7. The number of nitrogens with zero attached hydrogens (tertiary/aromatic N) is 3. The van der Waals surface area contributed by atoms with Crippen molar-refractivity contribution in [1.29, 1.82) is 0 Å². The van der Waals surface area contributed by atoms with Gasteiger partial charge >= 0.3 is 23.9 Å². The number of ether oxygens (including phenoxy) is 7. The second-order valence-corrected chi connectivity index (χ2v) is 18.0. The average molecular weight is 739 g/mol. The van der Waals surface area contributed by atoms with Crippen LogP contribution in [0.4, 0.5) is 0 Å². The van der Waals surface area contributed by atoms with Crippen LogP contribution in [0.3, 0.4) is 0 Å². The minimum absolute atomic E-state index is 0.165. The number of carbonyl (C=O) groups is 5. The summed E-state index contributed by atoms with van der Waals surface area (Å²) >= 11 is 0. The molecule has 51 heavy (non-hydrogen) atoms. The van der Waals surface area contributed by atoms with Gasteiger partial charge in [-0.15, -0.1) is 0 Å². The van der Waals surface area contributed by atoms with Crippen LogP contribution in [-0.4, -0.2) is 102 Å². The lowest BCUT2D eigenvalue weighted by molar-refractivity contribution is -0.288. The normalized spacial score (nSPS) is 20.2. The Hall–Kier alpha value is -4.38. The van der Waals surface area contributed by atoms with Crippen LogP contribution < -0.4 is 14.5 Å². The van der Waals surface area contributed by atoms with Crippen molar-refractivity contribution in [2.45, 2.75) is 110 Å². The standard InChI is InChI=1S/C33H50N4O13Si/c1-20(38)44-19-27-29(45-21(2)39)30(46-22(3)40)31(47-23(4)41)32(49-27)48-25-12-10-24(18-26(25)50-51(8,9)33(5,6)7)11-13-28(42)35-14-16-43-17-15-36-37-34/h10,12,18,27,29-32H,11,13-17,19H2,1-9H3,(H,35,42)/t27-,29+,30+,31-,32-/m1/s1. The summed E-state index contributed by atoms with van der Waals surface area (Å²) in [7, 11) is -2.50. The van der Waals surface area contributed by atoms with Crippen molar-refractivity contribution in [3.05, 3.63) is 34.2 Å². The third kappa shape index (κ3) is 14.4. The highest BCUT2D eigenvalue weighted by Crippen LogP contribution is 2.42. The Bertz CT molecular complexity index is 1430. The average Bonchev–Trinajstić information content (AvgIpc) is 3.01. The summed E-state index contributed by atoms with van der Waals surface area (Å²) in [5, 5.41) is 5.94. The smallest absolute Gasteiger partial charge is 0.303 e. The highest BCUT2D eigenvalue weighted by molar-refractivity contribution is 6.74. The molecule has 1 N–H and O–H groups in total. The molecule has 0 spiro atoms. The zero-order valence-corrected chi connectivity index (χ0v) is 31.7. The van der Waals surface area contributed by atoms with Gasteiger partial charge in [0.05, 0.1) is 13.2 Å². The van der Waals surface area contributed by atoms with E-state index < -0.39 is 69.5 Å². The maximum absolute atomic E-state index is 12.5. The molecule has 0 bridgehead atoms. The van der Waals surface area contributed by atoms with E-state index in [-0.39, 0.29) is 49.4 Å². The second kappa shape index (κ2) is 19.9. The Morgan fingerprint density at radius 2 is 1.53 bits per heavy atom. The Balaban J connectivity index is 2.45. The summed E-state index contributed by atoms with van der Waals surface area (Å²) in [5.74, 6) is -2.60. The van der Waals surface area contributed by atoms with Gasteiger partial charge in [-0.2, -0.15) is 0 Å². The summed E-state index contributed by atoms with van der Waals surface area (Å²) in [6, 6.07) is 5.12. The molecule has 1 amide bonds. The molecular weight excluding hydrogens is 688 g/mol. The van der Waals surface area contributed by atoms with Gasteiger partial charge in [-0.3, -0.25) is 24.0 Å². The molecule has 1 aliphatic heterocycles. The van der Waals surface area contributed by atoms with E-state index in [0.29, 0.717) is 12.2 Å². The van der Waals surface area contributed by atoms with Crippen LogP contribution in [0, 0.1) is 0 Å². The number of esters is 4. The topological polar surface area (TPSA) is 220 Å². The predicted octanol–water partition coefficient (Wildman–Crippen LogP) is 3.91. The molecule has 5 atom stereocenters. The van der Waals surface area contributed by atoms with Gasteiger partial charge < -0.3 is 42.9 Å². The van der Waals surface area contributed by atoms with E-state index in [4.69, 9.17) is 43.1 Å². The summed E-state index contributed by atoms with van der Waals surface area (Å²) in [4.78, 5) is 63.6. The first-order valence-corrected chi connectivity index (χ1v) is 19.4. The van der Waals surface area contributed by atoms with Crippen LogP contribution in [0.2, 0.25) is 18.1 Å². The molecule has 0 radical (unpaired) electrons. The SMILES string of the molecule is CC(=O)OC[C@H]1O[C@@H](Oc2ccc(CCC(=O)NCCOCCN=[N+]=[N-])cc2O[Si](C)(C)C(C)(C)C)[C@H](OC(C)=O)[C@@H](OC(C)=O)[C@H]1OC(C)=O. The lowest BCUT2D eigenvalue weighted by atomic mass is 9.98. The number of hydrogen-bond acceptors (Lipinski definition) is 14. The number of rotatable bonds is 18. The maximum atomic E-state index is 12.5. The number of benzene rings is 1. The molecule has 0 aromatic heterocycles. The van der Waals surface area contributed by atoms with Crippen molar-refractivity contribution in [1.82, 2.24) is 5.32 Å². The van der Waals surface area contributed by atoms with Gasteiger partial charge in [-0.1, -0.05) is 32.0 Å². The summed E-state index contributed by atoms with van der Waals surface area (Å²) in [6.07, 6.45) is -6.31. The van der Waals surface area contributed by atoms with Gasteiger partial charge in [0.2, 0.25) is 18.3 Å². The fraction of sp³-hybridized carbons (Fsp3) is 0.667. The van der Waals surface area contributed by atoms with Crippen LogP contribution in [-0.2, 0) is 58.8 Å². The lowest BCUT2D eigenvalue weighted by Crippen LogP contribution is -2.63. The van der Waals surface area contributed by atoms with Gasteiger partial charge in [0.1, 0.15) is 18.5 Å². The molecule has 0 aliphatic carbocycles.